The molecule has 4 amide bonds. The molecule has 3 unspecified atom stereocenters. The zero-order valence-electron chi connectivity index (χ0n) is 17.0. The molecule has 11 nitrogen and oxygen atoms in total. The van der Waals surface area contributed by atoms with Crippen molar-refractivity contribution < 1.29 is 19.2 Å². The predicted octanol–water partition coefficient (Wildman–Crippen LogP) is -1.93. The average molecular weight is 399 g/mol. The molecular formula is C17H33N7O4. The van der Waals surface area contributed by atoms with E-state index in [1.54, 1.807) is 0 Å². The van der Waals surface area contributed by atoms with E-state index in [0.29, 0.717) is 6.42 Å². The Bertz CT molecular complexity index is 588. The number of nitrogens with two attached hydrogens (primary N) is 3. The highest BCUT2D eigenvalue weighted by molar-refractivity contribution is 5.93. The van der Waals surface area contributed by atoms with Crippen molar-refractivity contribution >= 4 is 29.6 Å². The standard InChI is InChI=1S/C17H33N7O4/c1-9(2)8-13(25)22-11(4)15(27)24-12(6-5-7-21-17(19)20)16(28)23-10(3)14(18)26/h9-12H,5-8H2,1-4H3,(H2,18,26)(H,22,25)(H,23,28)(H,24,27)(H4,19,20,21). The van der Waals surface area contributed by atoms with E-state index in [0.717, 1.165) is 0 Å². The normalized spacial score (nSPS) is 13.8. The minimum absolute atomic E-state index is 0.0751. The van der Waals surface area contributed by atoms with Gasteiger partial charge in [-0.25, -0.2) is 0 Å². The van der Waals surface area contributed by atoms with Gasteiger partial charge >= 0.3 is 0 Å². The second kappa shape index (κ2) is 12.5. The van der Waals surface area contributed by atoms with E-state index in [9.17, 15) is 19.2 Å². The van der Waals surface area contributed by atoms with Gasteiger partial charge in [-0.15, -0.1) is 0 Å². The average Bonchev–Trinajstić information content (AvgIpc) is 2.55. The smallest absolute Gasteiger partial charge is 0.243 e. The number of hydrogen-bond donors (Lipinski definition) is 6. The van der Waals surface area contributed by atoms with Crippen LogP contribution in [-0.2, 0) is 19.2 Å². The third-order valence-electron chi connectivity index (χ3n) is 3.73. The van der Waals surface area contributed by atoms with Crippen LogP contribution in [0.15, 0.2) is 4.99 Å². The molecule has 0 bridgehead atoms. The lowest BCUT2D eigenvalue weighted by molar-refractivity contribution is -0.133. The van der Waals surface area contributed by atoms with Crippen molar-refractivity contribution in [3.8, 4) is 0 Å². The second-order valence-corrected chi connectivity index (χ2v) is 7.03. The van der Waals surface area contributed by atoms with Crippen LogP contribution in [0.1, 0.15) is 47.0 Å². The largest absolute Gasteiger partial charge is 0.370 e. The highest BCUT2D eigenvalue weighted by Crippen LogP contribution is 2.02. The molecular weight excluding hydrogens is 366 g/mol. The second-order valence-electron chi connectivity index (χ2n) is 7.03. The van der Waals surface area contributed by atoms with Crippen molar-refractivity contribution in [1.29, 1.82) is 0 Å². The lowest BCUT2D eigenvalue weighted by atomic mass is 10.1. The minimum atomic E-state index is -0.937. The summed E-state index contributed by atoms with van der Waals surface area (Å²) < 4.78 is 0. The van der Waals surface area contributed by atoms with Crippen LogP contribution in [0.2, 0.25) is 0 Å². The summed E-state index contributed by atoms with van der Waals surface area (Å²) in [5.74, 6) is -1.97. The van der Waals surface area contributed by atoms with Crippen LogP contribution in [0, 0.1) is 5.92 Å². The summed E-state index contributed by atoms with van der Waals surface area (Å²) in [5, 5.41) is 7.60. The van der Waals surface area contributed by atoms with Crippen molar-refractivity contribution in [1.82, 2.24) is 16.0 Å². The van der Waals surface area contributed by atoms with E-state index in [2.05, 4.69) is 20.9 Å². The van der Waals surface area contributed by atoms with Crippen LogP contribution in [0.3, 0.4) is 0 Å². The first-order valence-corrected chi connectivity index (χ1v) is 9.18. The zero-order chi connectivity index (χ0) is 21.9. The van der Waals surface area contributed by atoms with Crippen LogP contribution >= 0.6 is 0 Å². The Balaban J connectivity index is 4.94. The quantitative estimate of drug-likeness (QED) is 0.125. The zero-order valence-corrected chi connectivity index (χ0v) is 17.0. The number of nitrogens with one attached hydrogen (secondary N) is 3. The number of carbonyl (C=O) groups excluding carboxylic acids is 4. The molecule has 0 saturated carbocycles. The molecule has 0 aromatic carbocycles. The van der Waals surface area contributed by atoms with E-state index in [1.807, 2.05) is 13.8 Å². The van der Waals surface area contributed by atoms with Crippen LogP contribution in [0.25, 0.3) is 0 Å². The van der Waals surface area contributed by atoms with Crippen LogP contribution in [0.4, 0.5) is 0 Å². The van der Waals surface area contributed by atoms with Gasteiger partial charge < -0.3 is 33.2 Å². The SMILES string of the molecule is CC(C)CC(=O)NC(C)C(=O)NC(CCCN=C(N)N)C(=O)NC(C)C(N)=O. The van der Waals surface area contributed by atoms with Crippen molar-refractivity contribution in [3.63, 3.8) is 0 Å². The van der Waals surface area contributed by atoms with Gasteiger partial charge in [0.1, 0.15) is 18.1 Å². The van der Waals surface area contributed by atoms with Crippen LogP contribution in [-0.4, -0.2) is 54.3 Å². The van der Waals surface area contributed by atoms with Gasteiger partial charge in [0.25, 0.3) is 0 Å². The fourth-order valence-corrected chi connectivity index (χ4v) is 2.19. The Morgan fingerprint density at radius 3 is 1.96 bits per heavy atom. The van der Waals surface area contributed by atoms with Gasteiger partial charge in [-0.2, -0.15) is 0 Å². The van der Waals surface area contributed by atoms with Crippen molar-refractivity contribution in [2.75, 3.05) is 6.54 Å². The van der Waals surface area contributed by atoms with E-state index < -0.39 is 35.8 Å². The van der Waals surface area contributed by atoms with E-state index in [1.165, 1.54) is 13.8 Å². The molecule has 0 spiro atoms. The number of guanidine groups is 1. The number of amides is 4. The van der Waals surface area contributed by atoms with Gasteiger partial charge in [0.05, 0.1) is 0 Å². The fourth-order valence-electron chi connectivity index (χ4n) is 2.19. The van der Waals surface area contributed by atoms with Gasteiger partial charge in [-0.05, 0) is 32.6 Å². The van der Waals surface area contributed by atoms with E-state index >= 15 is 0 Å². The molecule has 28 heavy (non-hydrogen) atoms. The van der Waals surface area contributed by atoms with Gasteiger partial charge in [0.2, 0.25) is 23.6 Å². The molecule has 0 aliphatic rings. The number of primary amides is 1. The van der Waals surface area contributed by atoms with Crippen LogP contribution < -0.4 is 33.2 Å². The Morgan fingerprint density at radius 1 is 0.857 bits per heavy atom. The third-order valence-corrected chi connectivity index (χ3v) is 3.73. The van der Waals surface area contributed by atoms with Crippen LogP contribution in [0.5, 0.6) is 0 Å². The predicted molar refractivity (Wildman–Crippen MR) is 106 cm³/mol. The summed E-state index contributed by atoms with van der Waals surface area (Å²) in [7, 11) is 0. The summed E-state index contributed by atoms with van der Waals surface area (Å²) in [6.07, 6.45) is 0.929. The Hall–Kier alpha value is -2.85. The Labute approximate surface area is 165 Å². The molecule has 11 heteroatoms. The Kier molecular flexibility index (Phi) is 11.2. The van der Waals surface area contributed by atoms with E-state index in [4.69, 9.17) is 17.2 Å². The topological polar surface area (TPSA) is 195 Å². The molecule has 0 saturated heterocycles. The molecule has 160 valence electrons. The molecule has 3 atom stereocenters. The minimum Gasteiger partial charge on any atom is -0.370 e. The van der Waals surface area contributed by atoms with Crippen molar-refractivity contribution in [2.45, 2.75) is 65.1 Å². The summed E-state index contributed by atoms with van der Waals surface area (Å²) in [6.45, 7) is 7.01. The highest BCUT2D eigenvalue weighted by atomic mass is 16.2. The molecule has 0 aromatic rings. The first-order chi connectivity index (χ1) is 12.9. The lowest BCUT2D eigenvalue weighted by Crippen LogP contribution is -2.55. The molecule has 0 rings (SSSR count). The number of aliphatic imine (C=N–C) groups is 1. The molecule has 9 N–H and O–H groups in total. The van der Waals surface area contributed by atoms with Gasteiger partial charge in [0.15, 0.2) is 5.96 Å². The number of rotatable bonds is 12. The molecule has 0 aliphatic heterocycles. The Morgan fingerprint density at radius 2 is 1.46 bits per heavy atom. The summed E-state index contributed by atoms with van der Waals surface area (Å²) in [5.41, 5.74) is 15.7. The van der Waals surface area contributed by atoms with Gasteiger partial charge in [-0.1, -0.05) is 13.8 Å². The maximum absolute atomic E-state index is 12.4. The summed E-state index contributed by atoms with van der Waals surface area (Å²) >= 11 is 0. The fraction of sp³-hybridized carbons (Fsp3) is 0.706. The maximum Gasteiger partial charge on any atom is 0.243 e. The van der Waals surface area contributed by atoms with E-state index in [-0.39, 0.29) is 37.2 Å². The first kappa shape index (κ1) is 25.1. The molecule has 0 aliphatic carbocycles. The van der Waals surface area contributed by atoms with Crippen molar-refractivity contribution in [2.24, 2.45) is 28.1 Å². The lowest BCUT2D eigenvalue weighted by Gasteiger charge is -2.22. The molecule has 0 heterocycles. The molecule has 0 aromatic heterocycles. The van der Waals surface area contributed by atoms with Crippen molar-refractivity contribution in [3.05, 3.63) is 0 Å². The third kappa shape index (κ3) is 11.0. The van der Waals surface area contributed by atoms with Gasteiger partial charge in [-0.3, -0.25) is 24.2 Å². The number of carbonyl (C=O) groups is 4. The first-order valence-electron chi connectivity index (χ1n) is 9.18. The number of hydrogen-bond acceptors (Lipinski definition) is 5. The summed E-state index contributed by atoms with van der Waals surface area (Å²) in [6, 6.07) is -2.66. The molecule has 0 radical (unpaired) electrons. The maximum atomic E-state index is 12.4. The number of nitrogens with zero attached hydrogens (tertiary/aromatic N) is 1. The monoisotopic (exact) mass is 399 g/mol. The highest BCUT2D eigenvalue weighted by Gasteiger charge is 2.26. The molecule has 0 fully saturated rings. The van der Waals surface area contributed by atoms with Gasteiger partial charge in [0, 0.05) is 13.0 Å². The summed E-state index contributed by atoms with van der Waals surface area (Å²) in [4.78, 5) is 51.6.